The van der Waals surface area contributed by atoms with Crippen molar-refractivity contribution in [2.24, 2.45) is 11.8 Å². The van der Waals surface area contributed by atoms with Crippen LogP contribution in [-0.2, 0) is 23.9 Å². The number of hydrogen-bond acceptors (Lipinski definition) is 7. The lowest BCUT2D eigenvalue weighted by Crippen LogP contribution is -2.43. The molecule has 0 unspecified atom stereocenters. The summed E-state index contributed by atoms with van der Waals surface area (Å²) in [6.07, 6.45) is 0.371. The quantitative estimate of drug-likeness (QED) is 0.353. The van der Waals surface area contributed by atoms with Crippen LogP contribution in [0.2, 0.25) is 0 Å². The van der Waals surface area contributed by atoms with Gasteiger partial charge in [-0.15, -0.1) is 0 Å². The molecule has 1 heterocycles. The molecule has 1 aliphatic heterocycles. The summed E-state index contributed by atoms with van der Waals surface area (Å²) in [7, 11) is 1.23. The predicted molar refractivity (Wildman–Crippen MR) is 129 cm³/mol. The van der Waals surface area contributed by atoms with Crippen molar-refractivity contribution in [1.82, 2.24) is 5.32 Å². The van der Waals surface area contributed by atoms with Gasteiger partial charge in [0.05, 0.1) is 18.6 Å². The smallest absolute Gasteiger partial charge is 0.336 e. The lowest BCUT2D eigenvalue weighted by molar-refractivity contribution is -0.151. The molecule has 7 nitrogen and oxygen atoms in total. The molecule has 0 fully saturated rings. The second-order valence-electron chi connectivity index (χ2n) is 8.85. The van der Waals surface area contributed by atoms with E-state index in [2.05, 4.69) is 5.32 Å². The minimum atomic E-state index is -1.04. The normalized spacial score (nSPS) is 21.4. The van der Waals surface area contributed by atoms with Crippen LogP contribution in [0.15, 0.2) is 77.1 Å². The number of para-hydroxylation sites is 1. The number of rotatable bonds is 7. The van der Waals surface area contributed by atoms with Crippen LogP contribution in [0.25, 0.3) is 0 Å². The molecule has 0 bridgehead atoms. The van der Waals surface area contributed by atoms with Gasteiger partial charge in [-0.25, -0.2) is 9.18 Å². The van der Waals surface area contributed by atoms with E-state index in [1.807, 2.05) is 18.2 Å². The van der Waals surface area contributed by atoms with E-state index in [1.54, 1.807) is 32.0 Å². The molecule has 188 valence electrons. The van der Waals surface area contributed by atoms with Crippen molar-refractivity contribution >= 4 is 17.7 Å². The van der Waals surface area contributed by atoms with Gasteiger partial charge in [-0.05, 0) is 37.5 Å². The van der Waals surface area contributed by atoms with Crippen LogP contribution in [0.3, 0.4) is 0 Å². The number of ether oxygens (including phenoxy) is 3. The standard InChI is InChI=1S/C28H28FNO6/c1-16-15-21-25(26(31)22(16)27(32)34-3)24(19-11-7-8-12-20(19)29)23(17(2)30-21)28(33)36-14-13-35-18-9-5-4-6-10-18/h4-12,16,22,24,30H,13-15H2,1-3H3/t16-,22-,24-/m0/s1. The number of methoxy groups -OCH3 is 1. The summed E-state index contributed by atoms with van der Waals surface area (Å²) in [4.78, 5) is 39.4. The fourth-order valence-corrected chi connectivity index (χ4v) is 4.86. The Bertz CT molecular complexity index is 1240. The highest BCUT2D eigenvalue weighted by molar-refractivity contribution is 6.12. The number of dihydropyridines is 1. The molecule has 1 aliphatic carbocycles. The number of ketones is 1. The molecular weight excluding hydrogens is 465 g/mol. The van der Waals surface area contributed by atoms with Gasteiger partial charge in [0.1, 0.15) is 30.7 Å². The number of allylic oxidation sites excluding steroid dienone is 3. The van der Waals surface area contributed by atoms with Gasteiger partial charge in [-0.2, -0.15) is 0 Å². The molecule has 0 spiro atoms. The molecule has 0 amide bonds. The van der Waals surface area contributed by atoms with Gasteiger partial charge in [0.25, 0.3) is 0 Å². The maximum atomic E-state index is 15.1. The van der Waals surface area contributed by atoms with Gasteiger partial charge in [-0.3, -0.25) is 9.59 Å². The summed E-state index contributed by atoms with van der Waals surface area (Å²) in [5, 5.41) is 3.15. The van der Waals surface area contributed by atoms with Gasteiger partial charge < -0.3 is 19.5 Å². The van der Waals surface area contributed by atoms with Crippen molar-refractivity contribution in [2.75, 3.05) is 20.3 Å². The third-order valence-corrected chi connectivity index (χ3v) is 6.51. The van der Waals surface area contributed by atoms with Crippen molar-refractivity contribution < 1.29 is 33.0 Å². The number of Topliss-reactive ketones (excluding diaryl/α,β-unsaturated/α-hetero) is 1. The minimum absolute atomic E-state index is 0.0455. The zero-order valence-corrected chi connectivity index (χ0v) is 20.4. The topological polar surface area (TPSA) is 90.9 Å². The summed E-state index contributed by atoms with van der Waals surface area (Å²) >= 11 is 0. The fraction of sp³-hybridized carbons (Fsp3) is 0.321. The van der Waals surface area contributed by atoms with Gasteiger partial charge in [0, 0.05) is 22.5 Å². The van der Waals surface area contributed by atoms with Crippen LogP contribution in [0.4, 0.5) is 4.39 Å². The van der Waals surface area contributed by atoms with E-state index in [1.165, 1.54) is 25.3 Å². The van der Waals surface area contributed by atoms with Crippen molar-refractivity contribution in [3.8, 4) is 5.75 Å². The number of carbonyl (C=O) groups excluding carboxylic acids is 3. The van der Waals surface area contributed by atoms with E-state index in [0.29, 0.717) is 23.6 Å². The average Bonchev–Trinajstić information content (AvgIpc) is 2.86. The second-order valence-corrected chi connectivity index (χ2v) is 8.85. The Morgan fingerprint density at radius 3 is 2.44 bits per heavy atom. The van der Waals surface area contributed by atoms with Crippen LogP contribution in [-0.4, -0.2) is 38.0 Å². The van der Waals surface area contributed by atoms with Gasteiger partial charge in [0.15, 0.2) is 5.78 Å². The Labute approximate surface area is 208 Å². The first-order valence-corrected chi connectivity index (χ1v) is 11.8. The van der Waals surface area contributed by atoms with Crippen LogP contribution in [0.5, 0.6) is 5.75 Å². The molecule has 2 aliphatic rings. The van der Waals surface area contributed by atoms with Gasteiger partial charge in [-0.1, -0.05) is 43.3 Å². The van der Waals surface area contributed by atoms with E-state index in [-0.39, 0.29) is 35.8 Å². The molecule has 2 aromatic rings. The van der Waals surface area contributed by atoms with Crippen molar-refractivity contribution in [1.29, 1.82) is 0 Å². The highest BCUT2D eigenvalue weighted by Gasteiger charge is 2.47. The van der Waals surface area contributed by atoms with E-state index in [0.717, 1.165) is 0 Å². The lowest BCUT2D eigenvalue weighted by Gasteiger charge is -2.38. The number of carbonyl (C=O) groups is 3. The highest BCUT2D eigenvalue weighted by Crippen LogP contribution is 2.46. The Balaban J connectivity index is 1.65. The Hall–Kier alpha value is -3.94. The maximum Gasteiger partial charge on any atom is 0.336 e. The van der Waals surface area contributed by atoms with E-state index in [9.17, 15) is 14.4 Å². The van der Waals surface area contributed by atoms with Crippen LogP contribution >= 0.6 is 0 Å². The Kier molecular flexibility index (Phi) is 7.52. The zero-order chi connectivity index (χ0) is 25.8. The molecule has 0 radical (unpaired) electrons. The van der Waals surface area contributed by atoms with E-state index >= 15 is 4.39 Å². The molecule has 0 aromatic heterocycles. The molecule has 1 N–H and O–H groups in total. The number of nitrogens with one attached hydrogen (secondary N) is 1. The Morgan fingerprint density at radius 2 is 1.75 bits per heavy atom. The number of benzene rings is 2. The molecule has 0 saturated heterocycles. The summed E-state index contributed by atoms with van der Waals surface area (Å²) in [5.74, 6) is -4.16. The first kappa shape index (κ1) is 25.2. The maximum absolute atomic E-state index is 15.1. The molecule has 36 heavy (non-hydrogen) atoms. The zero-order valence-electron chi connectivity index (χ0n) is 20.4. The van der Waals surface area contributed by atoms with Crippen molar-refractivity contribution in [2.45, 2.75) is 26.2 Å². The third-order valence-electron chi connectivity index (χ3n) is 6.51. The second kappa shape index (κ2) is 10.8. The molecule has 8 heteroatoms. The number of halogens is 1. The molecule has 4 rings (SSSR count). The number of hydrogen-bond donors (Lipinski definition) is 1. The monoisotopic (exact) mass is 493 g/mol. The average molecular weight is 494 g/mol. The molecular formula is C28H28FNO6. The third kappa shape index (κ3) is 4.89. The first-order chi connectivity index (χ1) is 17.3. The Morgan fingerprint density at radius 1 is 1.06 bits per heavy atom. The van der Waals surface area contributed by atoms with Crippen LogP contribution < -0.4 is 10.1 Å². The summed E-state index contributed by atoms with van der Waals surface area (Å²) in [5.41, 5.74) is 1.50. The number of esters is 2. The van der Waals surface area contributed by atoms with E-state index < -0.39 is 35.4 Å². The molecule has 2 aromatic carbocycles. The SMILES string of the molecule is COC(=O)[C@@H]1C(=O)C2=C(C[C@@H]1C)NC(C)=C(C(=O)OCCOc1ccccc1)[C@@H]2c1ccccc1F. The summed E-state index contributed by atoms with van der Waals surface area (Å²) in [6.45, 7) is 3.56. The summed E-state index contributed by atoms with van der Waals surface area (Å²) in [6, 6.07) is 15.1. The fourth-order valence-electron chi connectivity index (χ4n) is 4.86. The first-order valence-electron chi connectivity index (χ1n) is 11.8. The highest BCUT2D eigenvalue weighted by atomic mass is 19.1. The minimum Gasteiger partial charge on any atom is -0.490 e. The largest absolute Gasteiger partial charge is 0.490 e. The van der Waals surface area contributed by atoms with Gasteiger partial charge >= 0.3 is 11.9 Å². The predicted octanol–water partition coefficient (Wildman–Crippen LogP) is 4.06. The van der Waals surface area contributed by atoms with Crippen LogP contribution in [0.1, 0.15) is 31.7 Å². The summed E-state index contributed by atoms with van der Waals surface area (Å²) < 4.78 is 31.0. The van der Waals surface area contributed by atoms with E-state index in [4.69, 9.17) is 14.2 Å². The van der Waals surface area contributed by atoms with Crippen LogP contribution in [0, 0.1) is 17.7 Å². The van der Waals surface area contributed by atoms with Crippen molar-refractivity contribution in [3.05, 3.63) is 88.5 Å². The molecule has 3 atom stereocenters. The molecule has 0 saturated carbocycles. The van der Waals surface area contributed by atoms with Crippen molar-refractivity contribution in [3.63, 3.8) is 0 Å². The van der Waals surface area contributed by atoms with Gasteiger partial charge in [0.2, 0.25) is 0 Å². The lowest BCUT2D eigenvalue weighted by atomic mass is 9.69.